The van der Waals surface area contributed by atoms with E-state index >= 15 is 0 Å². The second-order valence-corrected chi connectivity index (χ2v) is 2.15. The summed E-state index contributed by atoms with van der Waals surface area (Å²) in [5, 5.41) is 0. The van der Waals surface area contributed by atoms with Gasteiger partial charge in [-0.3, -0.25) is 0 Å². The Kier molecular flexibility index (Phi) is 8.18. The number of rotatable bonds is 3. The van der Waals surface area contributed by atoms with Crippen molar-refractivity contribution in [1.82, 2.24) is 0 Å². The fourth-order valence-electron chi connectivity index (χ4n) is 0.212. The summed E-state index contributed by atoms with van der Waals surface area (Å²) in [6, 6.07) is 0. The molecule has 0 aromatic rings. The Bertz CT molecular complexity index is 73.5. The molecule has 1 unspecified atom stereocenters. The molecule has 2 nitrogen and oxygen atoms in total. The summed E-state index contributed by atoms with van der Waals surface area (Å²) in [5.41, 5.74) is 0. The van der Waals surface area contributed by atoms with Crippen LogP contribution in [0.5, 0.6) is 0 Å². The first-order chi connectivity index (χ1) is 3.68. The van der Waals surface area contributed by atoms with Crippen LogP contribution in [0.4, 0.5) is 0 Å². The van der Waals surface area contributed by atoms with Gasteiger partial charge in [0.25, 0.3) is 0 Å². The van der Waals surface area contributed by atoms with E-state index in [0.29, 0.717) is 5.92 Å². The van der Waals surface area contributed by atoms with Gasteiger partial charge in [0.15, 0.2) is 0 Å². The second kappa shape index (κ2) is 6.22. The van der Waals surface area contributed by atoms with Crippen molar-refractivity contribution < 1.29 is 29.0 Å². The van der Waals surface area contributed by atoms with E-state index in [1.165, 1.54) is 6.47 Å². The predicted octanol–water partition coefficient (Wildman–Crippen LogP) is 1.11. The molecule has 0 amide bonds. The molecule has 0 spiro atoms. The molecule has 0 aliphatic heterocycles. The molecule has 0 fully saturated rings. The molecule has 3 heteroatoms. The second-order valence-electron chi connectivity index (χ2n) is 2.15. The number of carbonyl (C=O) groups excluding carboxylic acids is 1. The molecule has 0 heterocycles. The van der Waals surface area contributed by atoms with Crippen molar-refractivity contribution in [1.29, 1.82) is 0 Å². The molecule has 0 N–H and O–H groups in total. The van der Waals surface area contributed by atoms with Crippen LogP contribution >= 0.6 is 0 Å². The van der Waals surface area contributed by atoms with Gasteiger partial charge in [-0.15, -0.1) is 0 Å². The van der Waals surface area contributed by atoms with E-state index in [9.17, 15) is 4.79 Å². The summed E-state index contributed by atoms with van der Waals surface area (Å²) in [6.07, 6.45) is -0.00694. The molecule has 0 aliphatic rings. The van der Waals surface area contributed by atoms with Crippen LogP contribution < -0.4 is 0 Å². The van der Waals surface area contributed by atoms with E-state index < -0.39 is 0 Å². The number of hydrogen-bond donors (Lipinski definition) is 0. The van der Waals surface area contributed by atoms with Crippen LogP contribution in [0, 0.1) is 5.92 Å². The third kappa shape index (κ3) is 5.97. The number of ether oxygens (including phenoxy) is 1. The largest absolute Gasteiger partial charge is 2.00 e. The molecule has 0 saturated carbocycles. The summed E-state index contributed by atoms with van der Waals surface area (Å²) in [5.74, 6) is 0.386. The minimum Gasteiger partial charge on any atom is -0.651 e. The Balaban J connectivity index is 0. The molecule has 0 aromatic carbocycles. The molecule has 55 valence electrons. The quantitative estimate of drug-likeness (QED) is 0.524. The van der Waals surface area contributed by atoms with E-state index in [1.807, 2.05) is 20.8 Å². The fourth-order valence-corrected chi connectivity index (χ4v) is 0.212. The van der Waals surface area contributed by atoms with Crippen LogP contribution in [0.15, 0.2) is 0 Å². The van der Waals surface area contributed by atoms with Crippen LogP contribution in [-0.4, -0.2) is 12.6 Å². The standard InChI is InChI=1S/C6H11O2.Rh/c1-5(2)6(3)8-4-7;/h5-6H,1-3H3;/q-1;+2. The fraction of sp³-hybridized carbons (Fsp3) is 0.833. The molecule has 9 heavy (non-hydrogen) atoms. The van der Waals surface area contributed by atoms with Crippen LogP contribution in [0.1, 0.15) is 20.8 Å². The average Bonchev–Trinajstić information content (AvgIpc) is 1.67. The Morgan fingerprint density at radius 1 is 1.33 bits per heavy atom. The van der Waals surface area contributed by atoms with Crippen molar-refractivity contribution in [2.75, 3.05) is 0 Å². The Morgan fingerprint density at radius 3 is 1.89 bits per heavy atom. The average molecular weight is 218 g/mol. The molecule has 1 radical (unpaired) electrons. The van der Waals surface area contributed by atoms with Crippen LogP contribution in [-0.2, 0) is 29.0 Å². The van der Waals surface area contributed by atoms with E-state index in [0.717, 1.165) is 0 Å². The molecule has 0 aromatic heterocycles. The summed E-state index contributed by atoms with van der Waals surface area (Å²) in [4.78, 5) is 9.57. The third-order valence-electron chi connectivity index (χ3n) is 1.17. The van der Waals surface area contributed by atoms with Gasteiger partial charge in [-0.2, -0.15) is 0 Å². The summed E-state index contributed by atoms with van der Waals surface area (Å²) in [7, 11) is 0. The molecule has 0 aliphatic carbocycles. The predicted molar refractivity (Wildman–Crippen MR) is 31.1 cm³/mol. The normalized spacial score (nSPS) is 12.0. The van der Waals surface area contributed by atoms with Gasteiger partial charge >= 0.3 is 19.5 Å². The monoisotopic (exact) mass is 218 g/mol. The summed E-state index contributed by atoms with van der Waals surface area (Å²) in [6.45, 7) is 7.22. The van der Waals surface area contributed by atoms with Crippen LogP contribution in [0.3, 0.4) is 0 Å². The van der Waals surface area contributed by atoms with E-state index in [-0.39, 0.29) is 25.6 Å². The molecule has 0 bridgehead atoms. The van der Waals surface area contributed by atoms with Gasteiger partial charge < -0.3 is 9.53 Å². The van der Waals surface area contributed by atoms with Crippen LogP contribution in [0.25, 0.3) is 0 Å². The van der Waals surface area contributed by atoms with Crippen molar-refractivity contribution in [3.05, 3.63) is 0 Å². The van der Waals surface area contributed by atoms with Gasteiger partial charge in [-0.25, -0.2) is 0 Å². The van der Waals surface area contributed by atoms with Gasteiger partial charge in [-0.1, -0.05) is 20.3 Å². The van der Waals surface area contributed by atoms with Crippen LogP contribution in [0.2, 0.25) is 0 Å². The maximum atomic E-state index is 9.57. The first-order valence-electron chi connectivity index (χ1n) is 2.71. The number of hydrogen-bond acceptors (Lipinski definition) is 2. The smallest absolute Gasteiger partial charge is 0.651 e. The van der Waals surface area contributed by atoms with Crippen molar-refractivity contribution in [2.24, 2.45) is 5.92 Å². The van der Waals surface area contributed by atoms with Gasteiger partial charge in [0, 0.05) is 0 Å². The maximum absolute atomic E-state index is 9.57. The zero-order valence-corrected chi connectivity index (χ0v) is 7.44. The van der Waals surface area contributed by atoms with Gasteiger partial charge in [0.1, 0.15) is 0 Å². The minimum absolute atomic E-state index is 0. The summed E-state index contributed by atoms with van der Waals surface area (Å²) >= 11 is 0. The van der Waals surface area contributed by atoms with Crippen molar-refractivity contribution in [3.8, 4) is 0 Å². The molecule has 1 atom stereocenters. The molecular formula is C6H11O2Rh+. The van der Waals surface area contributed by atoms with E-state index in [4.69, 9.17) is 0 Å². The molecule has 0 saturated heterocycles. The Labute approximate surface area is 68.7 Å². The summed E-state index contributed by atoms with van der Waals surface area (Å²) < 4.78 is 4.50. The van der Waals surface area contributed by atoms with Crippen molar-refractivity contribution in [3.63, 3.8) is 0 Å². The van der Waals surface area contributed by atoms with E-state index in [2.05, 4.69) is 4.74 Å². The van der Waals surface area contributed by atoms with Gasteiger partial charge in [0.2, 0.25) is 0 Å². The van der Waals surface area contributed by atoms with Gasteiger partial charge in [-0.05, 0) is 12.8 Å². The maximum Gasteiger partial charge on any atom is 2.00 e. The van der Waals surface area contributed by atoms with Crippen molar-refractivity contribution >= 4 is 6.47 Å². The first kappa shape index (κ1) is 11.8. The SMILES string of the molecule is CC(C)C(C)O[C-]=O.[Rh+2]. The molecular weight excluding hydrogens is 207 g/mol. The topological polar surface area (TPSA) is 26.3 Å². The molecule has 0 rings (SSSR count). The van der Waals surface area contributed by atoms with Crippen molar-refractivity contribution in [2.45, 2.75) is 26.9 Å². The Hall–Kier alpha value is 0.0934. The van der Waals surface area contributed by atoms with Gasteiger partial charge in [0.05, 0.1) is 6.10 Å². The first-order valence-corrected chi connectivity index (χ1v) is 2.71. The third-order valence-corrected chi connectivity index (χ3v) is 1.17. The van der Waals surface area contributed by atoms with E-state index in [1.54, 1.807) is 0 Å². The zero-order chi connectivity index (χ0) is 6.57. The minimum atomic E-state index is -0.00694. The Morgan fingerprint density at radius 2 is 1.78 bits per heavy atom. The zero-order valence-electron chi connectivity index (χ0n) is 5.80.